The summed E-state index contributed by atoms with van der Waals surface area (Å²) in [7, 11) is 0. The Morgan fingerprint density at radius 1 is 0.905 bits per heavy atom. The highest BCUT2D eigenvalue weighted by molar-refractivity contribution is 7.13. The molecule has 0 fully saturated rings. The van der Waals surface area contributed by atoms with Crippen LogP contribution in [-0.4, -0.2) is 4.98 Å². The number of hydrogen-bond acceptors (Lipinski definition) is 2. The highest BCUT2D eigenvalue weighted by atomic mass is 32.1. The number of aromatic nitrogens is 1. The van der Waals surface area contributed by atoms with Crippen LogP contribution >= 0.6 is 11.3 Å². The lowest BCUT2D eigenvalue weighted by Gasteiger charge is -2.13. The number of benzene rings is 2. The maximum absolute atomic E-state index is 13.1. The van der Waals surface area contributed by atoms with Gasteiger partial charge in [0.1, 0.15) is 5.01 Å². The smallest absolute Gasteiger partial charge is 0.245 e. The molecular weight excluding hydrogens is 295 g/mol. The summed E-state index contributed by atoms with van der Waals surface area (Å²) >= 11 is 1.46. The van der Waals surface area contributed by atoms with Gasteiger partial charge >= 0.3 is 6.18 Å². The van der Waals surface area contributed by atoms with Crippen LogP contribution in [0.5, 0.6) is 0 Å². The van der Waals surface area contributed by atoms with Crippen molar-refractivity contribution in [1.29, 1.82) is 0 Å². The Hall–Kier alpha value is -2.14. The standard InChI is InChI=1S/C16H10F3NS/c17-16(18,19)14-7-2-1-6-13(14)11-4-3-5-12(10-11)15-20-8-9-21-15/h1-10H. The van der Waals surface area contributed by atoms with E-state index in [0.717, 1.165) is 16.6 Å². The summed E-state index contributed by atoms with van der Waals surface area (Å²) in [5, 5.41) is 2.63. The van der Waals surface area contributed by atoms with Gasteiger partial charge in [0.25, 0.3) is 0 Å². The van der Waals surface area contributed by atoms with Crippen LogP contribution in [0.3, 0.4) is 0 Å². The summed E-state index contributed by atoms with van der Waals surface area (Å²) in [5.41, 5.74) is 0.916. The van der Waals surface area contributed by atoms with Crippen molar-refractivity contribution in [2.45, 2.75) is 6.18 Å². The first-order chi connectivity index (χ1) is 10.1. The molecule has 0 saturated heterocycles. The van der Waals surface area contributed by atoms with Gasteiger partial charge in [0.2, 0.25) is 0 Å². The second kappa shape index (κ2) is 5.33. The zero-order valence-corrected chi connectivity index (χ0v) is 11.6. The summed E-state index contributed by atoms with van der Waals surface area (Å²) in [6, 6.07) is 12.6. The molecule has 1 heterocycles. The molecule has 1 nitrogen and oxygen atoms in total. The number of thiazole rings is 1. The van der Waals surface area contributed by atoms with Gasteiger partial charge in [-0.25, -0.2) is 4.98 Å². The van der Waals surface area contributed by atoms with Crippen LogP contribution < -0.4 is 0 Å². The Morgan fingerprint density at radius 3 is 2.38 bits per heavy atom. The van der Waals surface area contributed by atoms with Crippen LogP contribution in [0.2, 0.25) is 0 Å². The van der Waals surface area contributed by atoms with E-state index in [1.165, 1.54) is 23.5 Å². The van der Waals surface area contributed by atoms with Crippen LogP contribution in [0.25, 0.3) is 21.7 Å². The fourth-order valence-electron chi connectivity index (χ4n) is 2.17. The molecule has 1 aromatic heterocycles. The molecule has 0 spiro atoms. The Morgan fingerprint density at radius 2 is 1.67 bits per heavy atom. The predicted molar refractivity (Wildman–Crippen MR) is 78.0 cm³/mol. The van der Waals surface area contributed by atoms with Crippen molar-refractivity contribution in [2.24, 2.45) is 0 Å². The predicted octanol–water partition coefficient (Wildman–Crippen LogP) is 5.50. The zero-order chi connectivity index (χ0) is 14.9. The van der Waals surface area contributed by atoms with Crippen molar-refractivity contribution in [2.75, 3.05) is 0 Å². The third-order valence-corrected chi connectivity index (χ3v) is 3.91. The van der Waals surface area contributed by atoms with E-state index < -0.39 is 11.7 Å². The van der Waals surface area contributed by atoms with E-state index >= 15 is 0 Å². The van der Waals surface area contributed by atoms with Gasteiger partial charge < -0.3 is 0 Å². The number of alkyl halides is 3. The molecular formula is C16H10F3NS. The van der Waals surface area contributed by atoms with Gasteiger partial charge in [-0.3, -0.25) is 0 Å². The van der Waals surface area contributed by atoms with Gasteiger partial charge in [-0.15, -0.1) is 11.3 Å². The molecule has 0 radical (unpaired) electrons. The fourth-order valence-corrected chi connectivity index (χ4v) is 2.80. The van der Waals surface area contributed by atoms with Gasteiger partial charge in [0.05, 0.1) is 5.56 Å². The summed E-state index contributed by atoms with van der Waals surface area (Å²) in [4.78, 5) is 4.19. The molecule has 0 aliphatic carbocycles. The number of halogens is 3. The molecule has 0 saturated carbocycles. The molecule has 0 bridgehead atoms. The maximum atomic E-state index is 13.1. The van der Waals surface area contributed by atoms with Crippen molar-refractivity contribution < 1.29 is 13.2 Å². The second-order valence-corrected chi connectivity index (χ2v) is 5.36. The molecule has 2 aromatic carbocycles. The number of nitrogens with zero attached hydrogens (tertiary/aromatic N) is 1. The Kier molecular flexibility index (Phi) is 3.51. The zero-order valence-electron chi connectivity index (χ0n) is 10.8. The first-order valence-corrected chi connectivity index (χ1v) is 7.10. The van der Waals surface area contributed by atoms with Crippen molar-refractivity contribution in [3.8, 4) is 21.7 Å². The molecule has 0 N–H and O–H groups in total. The molecule has 0 amide bonds. The van der Waals surface area contributed by atoms with Crippen molar-refractivity contribution in [3.63, 3.8) is 0 Å². The summed E-state index contributed by atoms with van der Waals surface area (Å²) in [5.74, 6) is 0. The Balaban J connectivity index is 2.12. The van der Waals surface area contributed by atoms with Crippen LogP contribution in [0.4, 0.5) is 13.2 Å². The lowest BCUT2D eigenvalue weighted by Crippen LogP contribution is -2.06. The van der Waals surface area contributed by atoms with Gasteiger partial charge in [-0.2, -0.15) is 13.2 Å². The first-order valence-electron chi connectivity index (χ1n) is 6.22. The Labute approximate surface area is 123 Å². The average molecular weight is 305 g/mol. The summed E-state index contributed by atoms with van der Waals surface area (Å²) < 4.78 is 39.3. The van der Waals surface area contributed by atoms with Crippen molar-refractivity contribution >= 4 is 11.3 Å². The van der Waals surface area contributed by atoms with E-state index in [-0.39, 0.29) is 5.56 Å². The average Bonchev–Trinajstić information content (AvgIpc) is 3.01. The summed E-state index contributed by atoms with van der Waals surface area (Å²) in [6.07, 6.45) is -2.69. The minimum atomic E-state index is -4.37. The highest BCUT2D eigenvalue weighted by Gasteiger charge is 2.33. The normalized spacial score (nSPS) is 11.6. The van der Waals surface area contributed by atoms with Crippen molar-refractivity contribution in [1.82, 2.24) is 4.98 Å². The van der Waals surface area contributed by atoms with Crippen molar-refractivity contribution in [3.05, 3.63) is 65.7 Å². The lowest BCUT2D eigenvalue weighted by molar-refractivity contribution is -0.137. The molecule has 0 unspecified atom stereocenters. The van der Waals surface area contributed by atoms with Crippen LogP contribution in [-0.2, 0) is 6.18 Å². The van der Waals surface area contributed by atoms with Gasteiger partial charge in [-0.05, 0) is 23.3 Å². The molecule has 0 aliphatic heterocycles. The third kappa shape index (κ3) is 2.83. The van der Waals surface area contributed by atoms with E-state index in [9.17, 15) is 13.2 Å². The maximum Gasteiger partial charge on any atom is 0.417 e. The first kappa shape index (κ1) is 13.8. The molecule has 3 rings (SSSR count). The van der Waals surface area contributed by atoms with Crippen LogP contribution in [0, 0.1) is 0 Å². The molecule has 3 aromatic rings. The second-order valence-electron chi connectivity index (χ2n) is 4.46. The number of hydrogen-bond donors (Lipinski definition) is 0. The quantitative estimate of drug-likeness (QED) is 0.609. The van der Waals surface area contributed by atoms with Gasteiger partial charge in [-0.1, -0.05) is 36.4 Å². The minimum Gasteiger partial charge on any atom is -0.245 e. The molecule has 5 heteroatoms. The van der Waals surface area contributed by atoms with E-state index in [1.54, 1.807) is 30.5 Å². The number of rotatable bonds is 2. The molecule has 0 atom stereocenters. The summed E-state index contributed by atoms with van der Waals surface area (Å²) in [6.45, 7) is 0. The third-order valence-electron chi connectivity index (χ3n) is 3.09. The fraction of sp³-hybridized carbons (Fsp3) is 0.0625. The molecule has 0 aliphatic rings. The van der Waals surface area contributed by atoms with E-state index in [4.69, 9.17) is 0 Å². The monoisotopic (exact) mass is 305 g/mol. The van der Waals surface area contributed by atoms with Crippen LogP contribution in [0.15, 0.2) is 60.1 Å². The minimum absolute atomic E-state index is 0.184. The van der Waals surface area contributed by atoms with Gasteiger partial charge in [0.15, 0.2) is 0 Å². The SMILES string of the molecule is FC(F)(F)c1ccccc1-c1cccc(-c2nccs2)c1. The topological polar surface area (TPSA) is 12.9 Å². The van der Waals surface area contributed by atoms with E-state index in [1.807, 2.05) is 11.4 Å². The lowest BCUT2D eigenvalue weighted by atomic mass is 9.98. The highest BCUT2D eigenvalue weighted by Crippen LogP contribution is 2.37. The van der Waals surface area contributed by atoms with E-state index in [0.29, 0.717) is 5.56 Å². The molecule has 21 heavy (non-hydrogen) atoms. The Bertz CT molecular complexity index is 748. The largest absolute Gasteiger partial charge is 0.417 e. The van der Waals surface area contributed by atoms with Crippen LogP contribution in [0.1, 0.15) is 5.56 Å². The molecule has 106 valence electrons. The van der Waals surface area contributed by atoms with Gasteiger partial charge in [0, 0.05) is 17.1 Å². The van der Waals surface area contributed by atoms with E-state index in [2.05, 4.69) is 4.98 Å².